The molecule has 1 aromatic carbocycles. The molecule has 0 spiro atoms. The first kappa shape index (κ1) is 14.4. The van der Waals surface area contributed by atoms with Gasteiger partial charge in [0, 0.05) is 12.3 Å². The van der Waals surface area contributed by atoms with Crippen molar-refractivity contribution < 1.29 is 13.9 Å². The normalized spacial score (nSPS) is 10.0. The predicted molar refractivity (Wildman–Crippen MR) is 81.0 cm³/mol. The molecule has 7 heteroatoms. The average molecular weight is 308 g/mol. The number of nitrogens with zero attached hydrogens (tertiary/aromatic N) is 3. The highest BCUT2D eigenvalue weighted by Gasteiger charge is 2.13. The molecule has 0 unspecified atom stereocenters. The number of rotatable bonds is 5. The fourth-order valence-electron chi connectivity index (χ4n) is 1.88. The fourth-order valence-corrected chi connectivity index (χ4v) is 1.88. The molecule has 3 rings (SSSR count). The summed E-state index contributed by atoms with van der Waals surface area (Å²) in [7, 11) is 0. The second kappa shape index (κ2) is 6.49. The van der Waals surface area contributed by atoms with Crippen LogP contribution < -0.4 is 10.1 Å². The van der Waals surface area contributed by atoms with Crippen LogP contribution in [0.15, 0.2) is 59.3 Å². The van der Waals surface area contributed by atoms with E-state index in [1.807, 2.05) is 24.3 Å². The van der Waals surface area contributed by atoms with Crippen molar-refractivity contribution in [3.63, 3.8) is 0 Å². The fraction of sp³-hybridized carbons (Fsp3) is 0.0625. The van der Waals surface area contributed by atoms with E-state index < -0.39 is 5.91 Å². The van der Waals surface area contributed by atoms with E-state index in [4.69, 9.17) is 14.4 Å². The SMILES string of the molecule is N#CCn1cc(NC(=O)c2ccc(Oc3ccccc3)o2)cn1. The van der Waals surface area contributed by atoms with Crippen LogP contribution >= 0.6 is 0 Å². The van der Waals surface area contributed by atoms with E-state index in [-0.39, 0.29) is 18.3 Å². The minimum absolute atomic E-state index is 0.115. The molecule has 0 fully saturated rings. The molecule has 2 heterocycles. The van der Waals surface area contributed by atoms with Crippen LogP contribution in [0.5, 0.6) is 11.7 Å². The van der Waals surface area contributed by atoms with E-state index in [1.54, 1.807) is 24.4 Å². The van der Waals surface area contributed by atoms with Crippen LogP contribution in [0.25, 0.3) is 0 Å². The third-order valence-corrected chi connectivity index (χ3v) is 2.89. The molecule has 3 aromatic rings. The Morgan fingerprint density at radius 1 is 1.30 bits per heavy atom. The Morgan fingerprint density at radius 2 is 2.13 bits per heavy atom. The molecule has 2 aromatic heterocycles. The summed E-state index contributed by atoms with van der Waals surface area (Å²) in [5.41, 5.74) is 0.479. The maximum Gasteiger partial charge on any atom is 0.291 e. The predicted octanol–water partition coefficient (Wildman–Crippen LogP) is 3.04. The van der Waals surface area contributed by atoms with Crippen molar-refractivity contribution in [3.8, 4) is 17.8 Å². The van der Waals surface area contributed by atoms with Crippen LogP contribution in [0.4, 0.5) is 5.69 Å². The summed E-state index contributed by atoms with van der Waals surface area (Å²) in [6, 6.07) is 14.2. The summed E-state index contributed by atoms with van der Waals surface area (Å²) < 4.78 is 12.3. The van der Waals surface area contributed by atoms with Gasteiger partial charge in [-0.15, -0.1) is 0 Å². The number of carbonyl (C=O) groups excluding carboxylic acids is 1. The Kier molecular flexibility index (Phi) is 4.07. The Labute approximate surface area is 131 Å². The zero-order chi connectivity index (χ0) is 16.1. The van der Waals surface area contributed by atoms with E-state index >= 15 is 0 Å². The first-order valence-corrected chi connectivity index (χ1v) is 6.78. The smallest absolute Gasteiger partial charge is 0.291 e. The lowest BCUT2D eigenvalue weighted by Gasteiger charge is -2.01. The lowest BCUT2D eigenvalue weighted by atomic mass is 10.3. The number of amides is 1. The maximum atomic E-state index is 12.1. The molecule has 0 atom stereocenters. The first-order chi connectivity index (χ1) is 11.2. The van der Waals surface area contributed by atoms with E-state index in [0.29, 0.717) is 11.4 Å². The Hall–Kier alpha value is -3.53. The van der Waals surface area contributed by atoms with Crippen LogP contribution in [0, 0.1) is 11.3 Å². The maximum absolute atomic E-state index is 12.1. The van der Waals surface area contributed by atoms with Gasteiger partial charge in [0.15, 0.2) is 5.76 Å². The third kappa shape index (κ3) is 3.57. The van der Waals surface area contributed by atoms with E-state index in [0.717, 1.165) is 0 Å². The lowest BCUT2D eigenvalue weighted by molar-refractivity contribution is 0.0992. The van der Waals surface area contributed by atoms with Crippen molar-refractivity contribution in [1.29, 1.82) is 5.26 Å². The number of para-hydroxylation sites is 1. The molecule has 0 radical (unpaired) electrons. The van der Waals surface area contributed by atoms with E-state index in [2.05, 4.69) is 10.4 Å². The molecule has 0 bridgehead atoms. The van der Waals surface area contributed by atoms with Gasteiger partial charge in [-0.05, 0) is 18.2 Å². The summed E-state index contributed by atoms with van der Waals surface area (Å²) in [6.45, 7) is 0.117. The lowest BCUT2D eigenvalue weighted by Crippen LogP contribution is -2.10. The average Bonchev–Trinajstić information content (AvgIpc) is 3.18. The monoisotopic (exact) mass is 308 g/mol. The largest absolute Gasteiger partial charge is 0.426 e. The summed E-state index contributed by atoms with van der Waals surface area (Å²) in [4.78, 5) is 12.1. The van der Waals surface area contributed by atoms with Crippen molar-refractivity contribution in [2.45, 2.75) is 6.54 Å². The molecular weight excluding hydrogens is 296 g/mol. The van der Waals surface area contributed by atoms with Crippen molar-refractivity contribution in [1.82, 2.24) is 9.78 Å². The number of nitrogens with one attached hydrogen (secondary N) is 1. The number of furan rings is 1. The standard InChI is InChI=1S/C16H12N4O3/c17-8-9-20-11-12(10-18-20)19-16(21)14-6-7-15(23-14)22-13-4-2-1-3-5-13/h1-7,10-11H,9H2,(H,19,21). The minimum Gasteiger partial charge on any atom is -0.426 e. The van der Waals surface area contributed by atoms with Gasteiger partial charge in [0.1, 0.15) is 12.3 Å². The molecule has 1 amide bonds. The number of ether oxygens (including phenoxy) is 1. The molecule has 0 aliphatic heterocycles. The molecule has 7 nitrogen and oxygen atoms in total. The van der Waals surface area contributed by atoms with Gasteiger partial charge in [-0.2, -0.15) is 10.4 Å². The highest BCUT2D eigenvalue weighted by Crippen LogP contribution is 2.23. The van der Waals surface area contributed by atoms with Gasteiger partial charge in [-0.3, -0.25) is 9.48 Å². The summed E-state index contributed by atoms with van der Waals surface area (Å²) in [5.74, 6) is 0.529. The second-order valence-corrected chi connectivity index (χ2v) is 4.57. The molecule has 114 valence electrons. The number of aromatic nitrogens is 2. The Bertz CT molecular complexity index is 846. The molecule has 0 aliphatic rings. The number of hydrogen-bond donors (Lipinski definition) is 1. The number of benzene rings is 1. The second-order valence-electron chi connectivity index (χ2n) is 4.57. The molecule has 1 N–H and O–H groups in total. The van der Waals surface area contributed by atoms with Crippen LogP contribution in [0.2, 0.25) is 0 Å². The molecule has 0 saturated carbocycles. The Balaban J connectivity index is 1.65. The van der Waals surface area contributed by atoms with Gasteiger partial charge in [0.25, 0.3) is 11.9 Å². The van der Waals surface area contributed by atoms with E-state index in [9.17, 15) is 4.79 Å². The van der Waals surface area contributed by atoms with E-state index in [1.165, 1.54) is 16.9 Å². The third-order valence-electron chi connectivity index (χ3n) is 2.89. The molecule has 0 aliphatic carbocycles. The highest BCUT2D eigenvalue weighted by molar-refractivity contribution is 6.02. The minimum atomic E-state index is -0.426. The van der Waals surface area contributed by atoms with Gasteiger partial charge >= 0.3 is 0 Å². The summed E-state index contributed by atoms with van der Waals surface area (Å²) in [6.07, 6.45) is 3.02. The van der Waals surface area contributed by atoms with Crippen LogP contribution in [-0.4, -0.2) is 15.7 Å². The zero-order valence-electron chi connectivity index (χ0n) is 12.0. The van der Waals surface area contributed by atoms with Crippen molar-refractivity contribution in [2.24, 2.45) is 0 Å². The van der Waals surface area contributed by atoms with Gasteiger partial charge in [0.05, 0.1) is 18.0 Å². The quantitative estimate of drug-likeness (QED) is 0.782. The van der Waals surface area contributed by atoms with Crippen molar-refractivity contribution >= 4 is 11.6 Å². The van der Waals surface area contributed by atoms with Crippen LogP contribution in [-0.2, 0) is 6.54 Å². The number of nitriles is 1. The summed E-state index contributed by atoms with van der Waals surface area (Å²) >= 11 is 0. The van der Waals surface area contributed by atoms with Crippen LogP contribution in [0.1, 0.15) is 10.6 Å². The molecule has 23 heavy (non-hydrogen) atoms. The molecule has 0 saturated heterocycles. The number of carbonyl (C=O) groups is 1. The van der Waals surface area contributed by atoms with Crippen molar-refractivity contribution in [3.05, 3.63) is 60.6 Å². The highest BCUT2D eigenvalue weighted by atomic mass is 16.6. The number of hydrogen-bond acceptors (Lipinski definition) is 5. The van der Waals surface area contributed by atoms with Crippen LogP contribution in [0.3, 0.4) is 0 Å². The topological polar surface area (TPSA) is 93.1 Å². The van der Waals surface area contributed by atoms with Gasteiger partial charge < -0.3 is 14.5 Å². The van der Waals surface area contributed by atoms with Crippen molar-refractivity contribution in [2.75, 3.05) is 5.32 Å². The van der Waals surface area contributed by atoms with Gasteiger partial charge in [0.2, 0.25) is 0 Å². The van der Waals surface area contributed by atoms with Gasteiger partial charge in [-0.25, -0.2) is 0 Å². The summed E-state index contributed by atoms with van der Waals surface area (Å²) in [5, 5.41) is 15.2. The number of anilines is 1. The molecular formula is C16H12N4O3. The first-order valence-electron chi connectivity index (χ1n) is 6.78. The Morgan fingerprint density at radius 3 is 2.91 bits per heavy atom. The van der Waals surface area contributed by atoms with Gasteiger partial charge in [-0.1, -0.05) is 18.2 Å². The zero-order valence-corrected chi connectivity index (χ0v) is 12.0.